The summed E-state index contributed by atoms with van der Waals surface area (Å²) >= 11 is 3.32. The molecule has 6 heteroatoms. The summed E-state index contributed by atoms with van der Waals surface area (Å²) in [4.78, 5) is 12.0. The fraction of sp³-hybridized carbons (Fsp3) is 0.462. The van der Waals surface area contributed by atoms with Crippen LogP contribution in [0.3, 0.4) is 0 Å². The zero-order valence-corrected chi connectivity index (χ0v) is 12.3. The van der Waals surface area contributed by atoms with E-state index in [9.17, 15) is 13.6 Å². The van der Waals surface area contributed by atoms with Crippen molar-refractivity contribution in [2.45, 2.75) is 32.4 Å². The number of hydrogen-bond acceptors (Lipinski definition) is 2. The number of nitrogens with one attached hydrogen (secondary N) is 1. The number of halogens is 3. The molecule has 1 aromatic rings. The van der Waals surface area contributed by atoms with Crippen molar-refractivity contribution in [3.8, 4) is 5.75 Å². The third kappa shape index (κ3) is 5.55. The van der Waals surface area contributed by atoms with Crippen LogP contribution in [-0.4, -0.2) is 23.4 Å². The van der Waals surface area contributed by atoms with Gasteiger partial charge < -0.3 is 10.1 Å². The van der Waals surface area contributed by atoms with E-state index >= 15 is 0 Å². The van der Waals surface area contributed by atoms with Crippen LogP contribution in [0.1, 0.15) is 30.6 Å². The molecule has 1 N–H and O–H groups in total. The van der Waals surface area contributed by atoms with Gasteiger partial charge in [-0.25, -0.2) is 0 Å². The fourth-order valence-corrected chi connectivity index (χ4v) is 2.48. The molecule has 0 unspecified atom stereocenters. The number of alkyl halides is 3. The van der Waals surface area contributed by atoms with Gasteiger partial charge in [0, 0.05) is 16.4 Å². The van der Waals surface area contributed by atoms with Crippen LogP contribution < -0.4 is 10.1 Å². The lowest BCUT2D eigenvalue weighted by Gasteiger charge is -2.25. The van der Waals surface area contributed by atoms with Crippen LogP contribution in [0.2, 0.25) is 0 Å². The molecule has 0 bridgehead atoms. The molecule has 0 atom stereocenters. The van der Waals surface area contributed by atoms with Crippen molar-refractivity contribution in [1.82, 2.24) is 5.32 Å². The van der Waals surface area contributed by atoms with Gasteiger partial charge in [-0.3, -0.25) is 4.79 Å². The summed E-state index contributed by atoms with van der Waals surface area (Å²) < 4.78 is 28.5. The molecular formula is C13H16BrF2NO2. The standard InChI is InChI=1S/C13H16BrF2NO2/c1-13(2,6-7-14)17-11(18)9-4-3-5-10(8-9)19-12(15)16/h3-5,8,12H,6-7H2,1-2H3,(H,17,18). The highest BCUT2D eigenvalue weighted by atomic mass is 79.9. The Balaban J connectivity index is 2.77. The predicted octanol–water partition coefficient (Wildman–Crippen LogP) is 3.58. The highest BCUT2D eigenvalue weighted by molar-refractivity contribution is 9.09. The van der Waals surface area contributed by atoms with Crippen LogP contribution in [-0.2, 0) is 0 Å². The second-order valence-corrected chi connectivity index (χ2v) is 5.48. The van der Waals surface area contributed by atoms with Crippen LogP contribution in [0.25, 0.3) is 0 Å². The summed E-state index contributed by atoms with van der Waals surface area (Å²) in [5, 5.41) is 3.60. The fourth-order valence-electron chi connectivity index (χ4n) is 1.49. The van der Waals surface area contributed by atoms with Gasteiger partial charge in [0.05, 0.1) is 0 Å². The zero-order valence-electron chi connectivity index (χ0n) is 10.8. The van der Waals surface area contributed by atoms with Crippen molar-refractivity contribution in [2.24, 2.45) is 0 Å². The number of benzene rings is 1. The van der Waals surface area contributed by atoms with Gasteiger partial charge >= 0.3 is 6.61 Å². The van der Waals surface area contributed by atoms with Crippen LogP contribution in [0.4, 0.5) is 8.78 Å². The van der Waals surface area contributed by atoms with E-state index < -0.39 is 6.61 Å². The van der Waals surface area contributed by atoms with Gasteiger partial charge in [0.1, 0.15) is 5.75 Å². The lowest BCUT2D eigenvalue weighted by atomic mass is 10.0. The molecule has 1 rings (SSSR count). The number of ether oxygens (including phenoxy) is 1. The minimum absolute atomic E-state index is 0.0269. The van der Waals surface area contributed by atoms with Crippen molar-refractivity contribution < 1.29 is 18.3 Å². The van der Waals surface area contributed by atoms with E-state index in [4.69, 9.17) is 0 Å². The molecular weight excluding hydrogens is 320 g/mol. The summed E-state index contributed by atoms with van der Waals surface area (Å²) in [6.07, 6.45) is 0.756. The molecule has 0 spiro atoms. The van der Waals surface area contributed by atoms with Gasteiger partial charge in [-0.15, -0.1) is 0 Å². The Morgan fingerprint density at radius 3 is 2.74 bits per heavy atom. The quantitative estimate of drug-likeness (QED) is 0.807. The van der Waals surface area contributed by atoms with E-state index in [1.165, 1.54) is 18.2 Å². The normalized spacial score (nSPS) is 11.5. The Labute approximate surface area is 119 Å². The maximum atomic E-state index is 12.1. The van der Waals surface area contributed by atoms with Gasteiger partial charge in [-0.2, -0.15) is 8.78 Å². The molecule has 1 amide bonds. The summed E-state index contributed by atoms with van der Waals surface area (Å²) in [7, 11) is 0. The molecule has 0 radical (unpaired) electrons. The topological polar surface area (TPSA) is 38.3 Å². The first-order valence-electron chi connectivity index (χ1n) is 5.77. The van der Waals surface area contributed by atoms with Crippen LogP contribution in [0.5, 0.6) is 5.75 Å². The Morgan fingerprint density at radius 1 is 1.47 bits per heavy atom. The molecule has 3 nitrogen and oxygen atoms in total. The second kappa shape index (κ2) is 6.84. The van der Waals surface area contributed by atoms with Crippen molar-refractivity contribution in [3.05, 3.63) is 29.8 Å². The highest BCUT2D eigenvalue weighted by Crippen LogP contribution is 2.17. The van der Waals surface area contributed by atoms with E-state index in [-0.39, 0.29) is 17.2 Å². The van der Waals surface area contributed by atoms with Crippen molar-refractivity contribution in [3.63, 3.8) is 0 Å². The Kier molecular flexibility index (Phi) is 5.72. The zero-order chi connectivity index (χ0) is 14.5. The first kappa shape index (κ1) is 15.9. The summed E-state index contributed by atoms with van der Waals surface area (Å²) in [5.74, 6) is -0.341. The molecule has 0 saturated carbocycles. The Hall–Kier alpha value is -1.17. The highest BCUT2D eigenvalue weighted by Gasteiger charge is 2.20. The van der Waals surface area contributed by atoms with Crippen LogP contribution in [0.15, 0.2) is 24.3 Å². The number of carbonyl (C=O) groups is 1. The number of amides is 1. The third-order valence-corrected chi connectivity index (χ3v) is 2.89. The third-order valence-electron chi connectivity index (χ3n) is 2.49. The molecule has 0 aliphatic rings. The average molecular weight is 336 g/mol. The van der Waals surface area contributed by atoms with Gasteiger partial charge in [0.2, 0.25) is 0 Å². The van der Waals surface area contributed by atoms with Crippen molar-refractivity contribution >= 4 is 21.8 Å². The minimum atomic E-state index is -2.90. The monoisotopic (exact) mass is 335 g/mol. The molecule has 1 aromatic carbocycles. The van der Waals surface area contributed by atoms with Gasteiger partial charge in [0.15, 0.2) is 0 Å². The average Bonchev–Trinajstić information content (AvgIpc) is 2.27. The summed E-state index contributed by atoms with van der Waals surface area (Å²) in [6, 6.07) is 5.74. The molecule has 0 fully saturated rings. The SMILES string of the molecule is CC(C)(CCBr)NC(=O)c1cccc(OC(F)F)c1. The maximum Gasteiger partial charge on any atom is 0.387 e. The van der Waals surface area contributed by atoms with Crippen molar-refractivity contribution in [1.29, 1.82) is 0 Å². The number of carbonyl (C=O) groups excluding carboxylic acids is 1. The molecule has 0 aliphatic carbocycles. The molecule has 0 aliphatic heterocycles. The van der Waals surface area contributed by atoms with E-state index in [2.05, 4.69) is 26.0 Å². The first-order chi connectivity index (χ1) is 8.84. The lowest BCUT2D eigenvalue weighted by Crippen LogP contribution is -2.43. The number of hydrogen-bond donors (Lipinski definition) is 1. The Morgan fingerprint density at radius 2 is 2.16 bits per heavy atom. The molecule has 19 heavy (non-hydrogen) atoms. The second-order valence-electron chi connectivity index (χ2n) is 4.68. The maximum absolute atomic E-state index is 12.1. The van der Waals surface area contributed by atoms with Crippen molar-refractivity contribution in [2.75, 3.05) is 5.33 Å². The lowest BCUT2D eigenvalue weighted by molar-refractivity contribution is -0.0498. The minimum Gasteiger partial charge on any atom is -0.435 e. The van der Waals surface area contributed by atoms with E-state index in [0.717, 1.165) is 11.8 Å². The van der Waals surface area contributed by atoms with Gasteiger partial charge in [0.25, 0.3) is 5.91 Å². The molecule has 106 valence electrons. The number of rotatable bonds is 6. The smallest absolute Gasteiger partial charge is 0.387 e. The summed E-state index contributed by atoms with van der Waals surface area (Å²) in [5.41, 5.74) is -0.0824. The first-order valence-corrected chi connectivity index (χ1v) is 6.89. The summed E-state index contributed by atoms with van der Waals surface area (Å²) in [6.45, 7) is 0.889. The van der Waals surface area contributed by atoms with Gasteiger partial charge in [-0.05, 0) is 38.5 Å². The van der Waals surface area contributed by atoms with E-state index in [0.29, 0.717) is 5.56 Å². The van der Waals surface area contributed by atoms with Crippen LogP contribution in [0, 0.1) is 0 Å². The largest absolute Gasteiger partial charge is 0.435 e. The van der Waals surface area contributed by atoms with E-state index in [1.54, 1.807) is 6.07 Å². The molecule has 0 saturated heterocycles. The molecule has 0 aromatic heterocycles. The van der Waals surface area contributed by atoms with Gasteiger partial charge in [-0.1, -0.05) is 22.0 Å². The molecule has 0 heterocycles. The van der Waals surface area contributed by atoms with Crippen LogP contribution >= 0.6 is 15.9 Å². The van der Waals surface area contributed by atoms with E-state index in [1.807, 2.05) is 13.8 Å². The predicted molar refractivity (Wildman–Crippen MR) is 73.0 cm³/mol. The Bertz CT molecular complexity index is 438.